The van der Waals surface area contributed by atoms with Gasteiger partial charge in [0, 0.05) is 25.1 Å². The van der Waals surface area contributed by atoms with Gasteiger partial charge in [-0.15, -0.1) is 0 Å². The van der Waals surface area contributed by atoms with Crippen LogP contribution in [0.5, 0.6) is 0 Å². The van der Waals surface area contributed by atoms with Crippen LogP contribution in [0.2, 0.25) is 0 Å². The van der Waals surface area contributed by atoms with E-state index in [4.69, 9.17) is 14.5 Å². The number of aromatic amines is 2. The molecule has 1 atom stereocenters. The number of benzene rings is 4. The summed E-state index contributed by atoms with van der Waals surface area (Å²) in [7, 11) is 0. The van der Waals surface area contributed by atoms with Crippen molar-refractivity contribution in [3.05, 3.63) is 119 Å². The van der Waals surface area contributed by atoms with E-state index in [1.54, 1.807) is 4.90 Å². The largest absolute Gasteiger partial charge is 0.444 e. The van der Waals surface area contributed by atoms with Gasteiger partial charge in [0.1, 0.15) is 23.9 Å². The maximum atomic E-state index is 13.0. The number of carbonyl (C=O) groups excluding carboxylic acids is 2. The summed E-state index contributed by atoms with van der Waals surface area (Å²) >= 11 is 4.29. The lowest BCUT2D eigenvalue weighted by molar-refractivity contribution is 0.0218. The highest BCUT2D eigenvalue weighted by molar-refractivity contribution is 7.78. The van der Waals surface area contributed by atoms with Crippen molar-refractivity contribution in [2.24, 2.45) is 0 Å². The maximum absolute atomic E-state index is 13.0. The highest BCUT2D eigenvalue weighted by atomic mass is 32.1. The van der Waals surface area contributed by atoms with Crippen molar-refractivity contribution in [1.82, 2.24) is 29.1 Å². The van der Waals surface area contributed by atoms with Crippen LogP contribution in [0, 0.1) is 0 Å². The number of nitrogens with one attached hydrogen (secondary N) is 2. The lowest BCUT2D eigenvalue weighted by atomic mass is 9.98. The van der Waals surface area contributed by atoms with Gasteiger partial charge in [-0.05, 0) is 98.2 Å². The fraction of sp³-hybridized carbons (Fsp3) is 0.326. The van der Waals surface area contributed by atoms with Crippen molar-refractivity contribution in [1.29, 1.82) is 0 Å². The molecule has 12 heteroatoms. The SMILES string of the molecule is CC(C)(C)OC(=O)N1CCC[C@H]1c1ncc(-c2ccc3cc(-c4ccc5c(=O)[nH]c(CCCCCN(S)C(=O)OCc6ccccc6)nc5c4)ccc3c2)[nH]1. The number of ether oxygens (including phenoxy) is 2. The predicted octanol–water partition coefficient (Wildman–Crippen LogP) is 9.40. The van der Waals surface area contributed by atoms with Crippen molar-refractivity contribution < 1.29 is 19.1 Å². The zero-order valence-corrected chi connectivity index (χ0v) is 32.3. The molecule has 0 radical (unpaired) electrons. The molecule has 0 saturated carbocycles. The molecule has 0 unspecified atom stereocenters. The van der Waals surface area contributed by atoms with Gasteiger partial charge in [0.05, 0.1) is 28.8 Å². The summed E-state index contributed by atoms with van der Waals surface area (Å²) in [6, 6.07) is 27.8. The van der Waals surface area contributed by atoms with Crippen LogP contribution in [0.1, 0.15) is 76.1 Å². The van der Waals surface area contributed by atoms with Crippen LogP contribution >= 0.6 is 12.8 Å². The molecule has 7 rings (SSSR count). The third-order valence-electron chi connectivity index (χ3n) is 9.73. The van der Waals surface area contributed by atoms with Gasteiger partial charge in [0.15, 0.2) is 0 Å². The van der Waals surface area contributed by atoms with Crippen LogP contribution in [-0.4, -0.2) is 60.0 Å². The second kappa shape index (κ2) is 16.4. The summed E-state index contributed by atoms with van der Waals surface area (Å²) in [6.45, 7) is 6.94. The average molecular weight is 759 g/mol. The molecule has 11 nitrogen and oxygen atoms in total. The van der Waals surface area contributed by atoms with E-state index in [2.05, 4.69) is 64.2 Å². The number of unbranched alkanes of at least 4 members (excludes halogenated alkanes) is 2. The first-order valence-corrected chi connectivity index (χ1v) is 19.2. The smallest absolute Gasteiger partial charge is 0.419 e. The van der Waals surface area contributed by atoms with Crippen molar-refractivity contribution >= 4 is 46.7 Å². The first-order valence-electron chi connectivity index (χ1n) is 18.8. The van der Waals surface area contributed by atoms with Crippen molar-refractivity contribution in [2.45, 2.75) is 77.5 Å². The summed E-state index contributed by atoms with van der Waals surface area (Å²) in [5, 5.41) is 2.71. The molecule has 0 aliphatic carbocycles. The number of amides is 2. The van der Waals surface area contributed by atoms with E-state index < -0.39 is 11.7 Å². The van der Waals surface area contributed by atoms with E-state index in [1.165, 1.54) is 4.31 Å². The highest BCUT2D eigenvalue weighted by Crippen LogP contribution is 2.34. The fourth-order valence-corrected chi connectivity index (χ4v) is 7.14. The second-order valence-corrected chi connectivity index (χ2v) is 15.5. The molecule has 1 aliphatic rings. The van der Waals surface area contributed by atoms with Gasteiger partial charge < -0.3 is 19.4 Å². The Morgan fingerprint density at radius 3 is 2.42 bits per heavy atom. The Morgan fingerprint density at radius 1 is 0.909 bits per heavy atom. The first kappa shape index (κ1) is 37.7. The molecule has 1 fully saturated rings. The Balaban J connectivity index is 0.970. The van der Waals surface area contributed by atoms with Gasteiger partial charge in [-0.1, -0.05) is 79.9 Å². The predicted molar refractivity (Wildman–Crippen MR) is 218 cm³/mol. The van der Waals surface area contributed by atoms with Crippen LogP contribution in [0.25, 0.3) is 44.1 Å². The molecule has 55 heavy (non-hydrogen) atoms. The second-order valence-electron chi connectivity index (χ2n) is 15.0. The minimum atomic E-state index is -0.556. The van der Waals surface area contributed by atoms with Crippen LogP contribution in [0.4, 0.5) is 9.59 Å². The number of carbonyl (C=O) groups is 2. The fourth-order valence-electron chi connectivity index (χ4n) is 6.94. The lowest BCUT2D eigenvalue weighted by Crippen LogP contribution is -2.36. The zero-order chi connectivity index (χ0) is 38.5. The van der Waals surface area contributed by atoms with Gasteiger partial charge in [0.25, 0.3) is 5.56 Å². The lowest BCUT2D eigenvalue weighted by Gasteiger charge is -2.27. The Bertz CT molecular complexity index is 2370. The van der Waals surface area contributed by atoms with Crippen molar-refractivity contribution in [3.63, 3.8) is 0 Å². The number of rotatable bonds is 11. The molecule has 1 saturated heterocycles. The van der Waals surface area contributed by atoms with E-state index in [9.17, 15) is 14.4 Å². The summed E-state index contributed by atoms with van der Waals surface area (Å²) < 4.78 is 12.3. The zero-order valence-electron chi connectivity index (χ0n) is 31.4. The Morgan fingerprint density at radius 2 is 1.64 bits per heavy atom. The summed E-state index contributed by atoms with van der Waals surface area (Å²) in [6.07, 6.45) is 5.76. The number of likely N-dealkylation sites (tertiary alicyclic amines) is 1. The molecule has 2 amide bonds. The standard InChI is InChI=1S/C43H46N6O5S/c1-43(2,3)54-41(51)48-21-10-13-37(48)39-44-26-36(46-39)33-18-17-29-23-30(15-16-31(29)24-33)32-19-20-34-35(25-32)45-38(47-40(34)50)14-8-5-9-22-49(55)42(52)53-27-28-11-6-4-7-12-28/h4,6-7,11-12,15-20,23-26,37,55H,5,8-10,13-14,21-22,27H2,1-3H3,(H,44,46)(H,45,47,50)/t37-/m0/s1. The molecule has 2 aromatic heterocycles. The van der Waals surface area contributed by atoms with E-state index >= 15 is 0 Å². The monoisotopic (exact) mass is 758 g/mol. The Kier molecular flexibility index (Phi) is 11.2. The van der Waals surface area contributed by atoms with Crippen LogP contribution in [0.3, 0.4) is 0 Å². The summed E-state index contributed by atoms with van der Waals surface area (Å²) in [5.74, 6) is 1.40. The van der Waals surface area contributed by atoms with Gasteiger partial charge in [-0.25, -0.2) is 19.6 Å². The number of hydrogen-bond donors (Lipinski definition) is 3. The number of H-pyrrole nitrogens is 2. The van der Waals surface area contributed by atoms with Crippen LogP contribution < -0.4 is 5.56 Å². The van der Waals surface area contributed by atoms with Crippen molar-refractivity contribution in [3.8, 4) is 22.4 Å². The van der Waals surface area contributed by atoms with Crippen molar-refractivity contribution in [2.75, 3.05) is 13.1 Å². The quantitative estimate of drug-likeness (QED) is 0.0886. The van der Waals surface area contributed by atoms with Gasteiger partial charge in [0.2, 0.25) is 0 Å². The van der Waals surface area contributed by atoms with E-state index in [1.807, 2.05) is 75.5 Å². The summed E-state index contributed by atoms with van der Waals surface area (Å²) in [4.78, 5) is 55.8. The van der Waals surface area contributed by atoms with Gasteiger partial charge in [-0.2, -0.15) is 0 Å². The van der Waals surface area contributed by atoms with E-state index in [-0.39, 0.29) is 24.3 Å². The number of aromatic nitrogens is 4. The minimum absolute atomic E-state index is 0.145. The van der Waals surface area contributed by atoms with Crippen LogP contribution in [0.15, 0.2) is 95.9 Å². The van der Waals surface area contributed by atoms with E-state index in [0.29, 0.717) is 36.2 Å². The average Bonchev–Trinajstić information content (AvgIpc) is 3.87. The molecule has 3 heterocycles. The minimum Gasteiger partial charge on any atom is -0.444 e. The normalized spacial score (nSPS) is 14.4. The number of hydrogen-bond acceptors (Lipinski definition) is 8. The van der Waals surface area contributed by atoms with Crippen LogP contribution in [-0.2, 0) is 22.5 Å². The highest BCUT2D eigenvalue weighted by Gasteiger charge is 2.35. The third kappa shape index (κ3) is 9.20. The van der Waals surface area contributed by atoms with Gasteiger partial charge in [-0.3, -0.25) is 14.0 Å². The van der Waals surface area contributed by atoms with E-state index in [0.717, 1.165) is 76.6 Å². The molecule has 1 aliphatic heterocycles. The summed E-state index contributed by atoms with van der Waals surface area (Å²) in [5.41, 5.74) is 4.75. The first-order chi connectivity index (χ1) is 26.5. The number of imidazole rings is 1. The molecule has 6 aromatic rings. The molecular weight excluding hydrogens is 713 g/mol. The molecule has 2 N–H and O–H groups in total. The Hall–Kier alpha value is -5.62. The third-order valence-corrected chi connectivity index (χ3v) is 10.1. The molecule has 0 bridgehead atoms. The Labute approximate surface area is 325 Å². The molecule has 4 aromatic carbocycles. The molecule has 284 valence electrons. The number of thiol groups is 1. The number of aryl methyl sites for hydroxylation is 1. The number of fused-ring (bicyclic) bond motifs is 2. The maximum Gasteiger partial charge on any atom is 0.419 e. The van der Waals surface area contributed by atoms with Gasteiger partial charge >= 0.3 is 12.2 Å². The molecular formula is C43H46N6O5S. The number of nitrogens with zero attached hydrogens (tertiary/aromatic N) is 4. The molecule has 0 spiro atoms. The topological polar surface area (TPSA) is 134 Å².